The third-order valence-corrected chi connectivity index (χ3v) is 4.37. The van der Waals surface area contributed by atoms with Crippen LogP contribution in [0.2, 0.25) is 5.02 Å². The molecule has 6 nitrogen and oxygen atoms in total. The number of carbonyl (C=O) groups is 1. The second kappa shape index (κ2) is 8.33. The number of nitrogens with zero attached hydrogens (tertiary/aromatic N) is 3. The fraction of sp³-hybridized carbons (Fsp3) is 0.250. The molecule has 0 radical (unpaired) electrons. The zero-order valence-corrected chi connectivity index (χ0v) is 16.2. The van der Waals surface area contributed by atoms with Crippen LogP contribution in [0, 0.1) is 13.8 Å². The van der Waals surface area contributed by atoms with Crippen molar-refractivity contribution in [1.29, 1.82) is 0 Å². The first-order chi connectivity index (χ1) is 12.9. The number of anilines is 1. The smallest absolute Gasteiger partial charge is 0.247 e. The minimum absolute atomic E-state index is 0.0904. The van der Waals surface area contributed by atoms with E-state index in [2.05, 4.69) is 15.5 Å². The number of carbonyl (C=O) groups excluding carboxylic acids is 1. The highest BCUT2D eigenvalue weighted by Crippen LogP contribution is 2.21. The van der Waals surface area contributed by atoms with Gasteiger partial charge in [-0.05, 0) is 56.3 Å². The Morgan fingerprint density at radius 3 is 2.44 bits per heavy atom. The molecule has 0 saturated carbocycles. The van der Waals surface area contributed by atoms with Crippen LogP contribution in [0.4, 0.5) is 5.69 Å². The van der Waals surface area contributed by atoms with E-state index in [1.165, 1.54) is 0 Å². The summed E-state index contributed by atoms with van der Waals surface area (Å²) in [7, 11) is 1.83. The number of likely N-dealkylation sites (N-methyl/N-ethyl adjacent to an activating group) is 1. The molecule has 0 fully saturated rings. The van der Waals surface area contributed by atoms with E-state index in [1.54, 1.807) is 12.1 Å². The van der Waals surface area contributed by atoms with Crippen LogP contribution in [0.3, 0.4) is 0 Å². The zero-order valence-electron chi connectivity index (χ0n) is 15.5. The molecule has 1 aromatic heterocycles. The monoisotopic (exact) mass is 384 g/mol. The minimum Gasteiger partial charge on any atom is -0.419 e. The lowest BCUT2D eigenvalue weighted by molar-refractivity contribution is -0.117. The number of hydrogen-bond acceptors (Lipinski definition) is 5. The number of amides is 1. The summed E-state index contributed by atoms with van der Waals surface area (Å²) in [5.41, 5.74) is 3.73. The highest BCUT2D eigenvalue weighted by molar-refractivity contribution is 6.30. The highest BCUT2D eigenvalue weighted by atomic mass is 35.5. The predicted octanol–water partition coefficient (Wildman–Crippen LogP) is 4.08. The zero-order chi connectivity index (χ0) is 19.4. The predicted molar refractivity (Wildman–Crippen MR) is 106 cm³/mol. The number of benzene rings is 2. The summed E-state index contributed by atoms with van der Waals surface area (Å²) in [5, 5.41) is 11.7. The summed E-state index contributed by atoms with van der Waals surface area (Å²) in [5.74, 6) is 0.782. The van der Waals surface area contributed by atoms with E-state index in [1.807, 2.05) is 56.1 Å². The standard InChI is InChI=1S/C20H21ClN4O2/c1-13-5-4-6-14(2)19(13)22-17(26)11-25(3)12-18-23-24-20(27-18)15-7-9-16(21)10-8-15/h4-10H,11-12H2,1-3H3,(H,22,26). The molecule has 3 aromatic rings. The van der Waals surface area contributed by atoms with Crippen molar-refractivity contribution in [3.8, 4) is 11.5 Å². The maximum atomic E-state index is 12.3. The van der Waals surface area contributed by atoms with Crippen molar-refractivity contribution in [3.63, 3.8) is 0 Å². The maximum absolute atomic E-state index is 12.3. The SMILES string of the molecule is Cc1cccc(C)c1NC(=O)CN(C)Cc1nnc(-c2ccc(Cl)cc2)o1. The second-order valence-corrected chi connectivity index (χ2v) is 6.93. The summed E-state index contributed by atoms with van der Waals surface area (Å²) >= 11 is 5.89. The third kappa shape index (κ3) is 4.93. The molecule has 1 heterocycles. The van der Waals surface area contributed by atoms with Crippen LogP contribution in [0.1, 0.15) is 17.0 Å². The fourth-order valence-electron chi connectivity index (χ4n) is 2.75. The van der Waals surface area contributed by atoms with E-state index < -0.39 is 0 Å². The van der Waals surface area contributed by atoms with Gasteiger partial charge in [-0.15, -0.1) is 10.2 Å². The number of aromatic nitrogens is 2. The quantitative estimate of drug-likeness (QED) is 0.693. The van der Waals surface area contributed by atoms with Gasteiger partial charge in [-0.1, -0.05) is 29.8 Å². The Balaban J connectivity index is 1.58. The van der Waals surface area contributed by atoms with E-state index in [-0.39, 0.29) is 12.5 Å². The van der Waals surface area contributed by atoms with E-state index in [4.69, 9.17) is 16.0 Å². The molecule has 0 bridgehead atoms. The maximum Gasteiger partial charge on any atom is 0.247 e. The summed E-state index contributed by atoms with van der Waals surface area (Å²) < 4.78 is 5.68. The average Bonchev–Trinajstić information content (AvgIpc) is 3.07. The van der Waals surface area contributed by atoms with Crippen LogP contribution in [0.25, 0.3) is 11.5 Å². The fourth-order valence-corrected chi connectivity index (χ4v) is 2.88. The largest absolute Gasteiger partial charge is 0.419 e. The molecule has 1 N–H and O–H groups in total. The molecule has 1 amide bonds. The van der Waals surface area contributed by atoms with Crippen LogP contribution in [0.5, 0.6) is 0 Å². The molecule has 3 rings (SSSR count). The molecule has 0 saturated heterocycles. The Labute approximate surface area is 163 Å². The molecule has 2 aromatic carbocycles. The van der Waals surface area contributed by atoms with Crippen molar-refractivity contribution in [2.24, 2.45) is 0 Å². The summed E-state index contributed by atoms with van der Waals surface area (Å²) in [6, 6.07) is 13.1. The van der Waals surface area contributed by atoms with Crippen LogP contribution in [-0.4, -0.2) is 34.6 Å². The molecule has 7 heteroatoms. The summed E-state index contributed by atoms with van der Waals surface area (Å²) in [4.78, 5) is 14.2. The molecular formula is C20H21ClN4O2. The first-order valence-electron chi connectivity index (χ1n) is 8.55. The normalized spacial score (nSPS) is 11.0. The molecule has 0 unspecified atom stereocenters. The van der Waals surface area contributed by atoms with Gasteiger partial charge >= 0.3 is 0 Å². The molecule has 0 spiro atoms. The second-order valence-electron chi connectivity index (χ2n) is 6.50. The van der Waals surface area contributed by atoms with Gasteiger partial charge in [-0.2, -0.15) is 0 Å². The van der Waals surface area contributed by atoms with Gasteiger partial charge in [-0.25, -0.2) is 0 Å². The average molecular weight is 385 g/mol. The summed E-state index contributed by atoms with van der Waals surface area (Å²) in [6.07, 6.45) is 0. The molecule has 0 aliphatic heterocycles. The van der Waals surface area contributed by atoms with Crippen molar-refractivity contribution >= 4 is 23.2 Å². The van der Waals surface area contributed by atoms with Gasteiger partial charge in [0.05, 0.1) is 13.1 Å². The number of nitrogens with one attached hydrogen (secondary N) is 1. The van der Waals surface area contributed by atoms with Crippen molar-refractivity contribution < 1.29 is 9.21 Å². The molecule has 27 heavy (non-hydrogen) atoms. The summed E-state index contributed by atoms with van der Waals surface area (Å²) in [6.45, 7) is 4.54. The van der Waals surface area contributed by atoms with Gasteiger partial charge in [0.1, 0.15) is 0 Å². The number of hydrogen-bond donors (Lipinski definition) is 1. The van der Waals surface area contributed by atoms with E-state index in [0.29, 0.717) is 23.3 Å². The highest BCUT2D eigenvalue weighted by Gasteiger charge is 2.14. The number of aryl methyl sites for hydroxylation is 2. The topological polar surface area (TPSA) is 71.3 Å². The lowest BCUT2D eigenvalue weighted by Crippen LogP contribution is -2.30. The van der Waals surface area contributed by atoms with Crippen LogP contribution >= 0.6 is 11.6 Å². The number of rotatable bonds is 6. The first kappa shape index (κ1) is 19.1. The third-order valence-electron chi connectivity index (χ3n) is 4.12. The number of halogens is 1. The first-order valence-corrected chi connectivity index (χ1v) is 8.93. The van der Waals surface area contributed by atoms with Crippen LogP contribution < -0.4 is 5.32 Å². The Kier molecular flexibility index (Phi) is 5.88. The van der Waals surface area contributed by atoms with Gasteiger partial charge in [0.2, 0.25) is 17.7 Å². The van der Waals surface area contributed by atoms with Gasteiger partial charge in [0.15, 0.2) is 0 Å². The minimum atomic E-state index is -0.0904. The lowest BCUT2D eigenvalue weighted by atomic mass is 10.1. The Bertz CT molecular complexity index is 917. The van der Waals surface area contributed by atoms with E-state index in [0.717, 1.165) is 22.4 Å². The van der Waals surface area contributed by atoms with Crippen LogP contribution in [0.15, 0.2) is 46.9 Å². The van der Waals surface area contributed by atoms with Crippen molar-refractivity contribution in [2.45, 2.75) is 20.4 Å². The van der Waals surface area contributed by atoms with E-state index in [9.17, 15) is 4.79 Å². The number of para-hydroxylation sites is 1. The van der Waals surface area contributed by atoms with Gasteiger partial charge < -0.3 is 9.73 Å². The van der Waals surface area contributed by atoms with Crippen molar-refractivity contribution in [1.82, 2.24) is 15.1 Å². The van der Waals surface area contributed by atoms with Gasteiger partial charge in [0.25, 0.3) is 0 Å². The van der Waals surface area contributed by atoms with Crippen molar-refractivity contribution in [3.05, 3.63) is 64.5 Å². The Morgan fingerprint density at radius 1 is 1.11 bits per heavy atom. The molecule has 0 aliphatic carbocycles. The Hall–Kier alpha value is -2.70. The molecule has 0 aliphatic rings. The molecule has 140 valence electrons. The lowest BCUT2D eigenvalue weighted by Gasteiger charge is -2.16. The van der Waals surface area contributed by atoms with Crippen LogP contribution in [-0.2, 0) is 11.3 Å². The molecular weight excluding hydrogens is 364 g/mol. The Morgan fingerprint density at radius 2 is 1.78 bits per heavy atom. The molecule has 0 atom stereocenters. The van der Waals surface area contributed by atoms with Crippen molar-refractivity contribution in [2.75, 3.05) is 18.9 Å². The van der Waals surface area contributed by atoms with E-state index >= 15 is 0 Å². The van der Waals surface area contributed by atoms with Gasteiger partial charge in [-0.3, -0.25) is 9.69 Å². The van der Waals surface area contributed by atoms with Gasteiger partial charge in [0, 0.05) is 16.3 Å².